The summed E-state index contributed by atoms with van der Waals surface area (Å²) in [5.74, 6) is 0.391. The van der Waals surface area contributed by atoms with Crippen molar-refractivity contribution in [1.82, 2.24) is 0 Å². The van der Waals surface area contributed by atoms with Gasteiger partial charge in [-0.05, 0) is 54.3 Å². The van der Waals surface area contributed by atoms with Gasteiger partial charge in [0.15, 0.2) is 0 Å². The van der Waals surface area contributed by atoms with E-state index in [1.807, 2.05) is 13.0 Å². The molecule has 0 unspecified atom stereocenters. The van der Waals surface area contributed by atoms with E-state index in [1.54, 1.807) is 36.4 Å². The molecule has 1 amide bonds. The molecule has 0 aliphatic heterocycles. The fourth-order valence-corrected chi connectivity index (χ4v) is 2.18. The van der Waals surface area contributed by atoms with Gasteiger partial charge in [-0.2, -0.15) is 0 Å². The minimum absolute atomic E-state index is 0.0264. The van der Waals surface area contributed by atoms with Crippen molar-refractivity contribution in [3.05, 3.63) is 53.6 Å². The number of phenolic OH excluding ortho intramolecular Hbond substituents is 1. The zero-order valence-corrected chi connectivity index (χ0v) is 14.0. The number of hydrogen-bond acceptors (Lipinski definition) is 3. The first-order chi connectivity index (χ1) is 10.8. The number of phenols is 1. The standard InChI is InChI=1S/C19H23NO3/c1-5-23-15-9-7-14(8-10-15)20-18(22)16-12-13(19(2,3)4)6-11-17(16)21/h6-12,21H,5H2,1-4H3,(H,20,22). The van der Waals surface area contributed by atoms with Crippen molar-refractivity contribution in [3.63, 3.8) is 0 Å². The number of ether oxygens (including phenoxy) is 1. The quantitative estimate of drug-likeness (QED) is 0.882. The predicted octanol–water partition coefficient (Wildman–Crippen LogP) is 4.34. The van der Waals surface area contributed by atoms with Crippen LogP contribution in [-0.2, 0) is 5.41 Å². The number of hydrogen-bond donors (Lipinski definition) is 2. The van der Waals surface area contributed by atoms with Gasteiger partial charge in [0.2, 0.25) is 0 Å². The van der Waals surface area contributed by atoms with Crippen molar-refractivity contribution in [2.24, 2.45) is 0 Å². The summed E-state index contributed by atoms with van der Waals surface area (Å²) in [7, 11) is 0. The Bertz CT molecular complexity index is 685. The van der Waals surface area contributed by atoms with E-state index >= 15 is 0 Å². The van der Waals surface area contributed by atoms with Crippen molar-refractivity contribution >= 4 is 11.6 Å². The molecule has 0 aliphatic rings. The summed E-state index contributed by atoms with van der Waals surface area (Å²) < 4.78 is 5.37. The molecule has 23 heavy (non-hydrogen) atoms. The number of benzene rings is 2. The highest BCUT2D eigenvalue weighted by molar-refractivity contribution is 6.06. The molecule has 2 aromatic rings. The van der Waals surface area contributed by atoms with Gasteiger partial charge < -0.3 is 15.2 Å². The van der Waals surface area contributed by atoms with Gasteiger partial charge >= 0.3 is 0 Å². The van der Waals surface area contributed by atoms with Gasteiger partial charge in [0.1, 0.15) is 11.5 Å². The van der Waals surface area contributed by atoms with Crippen LogP contribution in [-0.4, -0.2) is 17.6 Å². The Morgan fingerprint density at radius 1 is 1.13 bits per heavy atom. The van der Waals surface area contributed by atoms with Gasteiger partial charge in [-0.3, -0.25) is 4.79 Å². The molecule has 0 bridgehead atoms. The lowest BCUT2D eigenvalue weighted by atomic mass is 9.86. The Labute approximate surface area is 137 Å². The molecule has 0 saturated carbocycles. The van der Waals surface area contributed by atoms with Gasteiger partial charge in [-0.1, -0.05) is 26.8 Å². The smallest absolute Gasteiger partial charge is 0.259 e. The number of nitrogens with one attached hydrogen (secondary N) is 1. The van der Waals surface area contributed by atoms with Crippen molar-refractivity contribution in [2.75, 3.05) is 11.9 Å². The topological polar surface area (TPSA) is 58.6 Å². The molecule has 0 atom stereocenters. The zero-order valence-electron chi connectivity index (χ0n) is 14.0. The van der Waals surface area contributed by atoms with Crippen LogP contribution in [0.1, 0.15) is 43.6 Å². The van der Waals surface area contributed by atoms with Crippen molar-refractivity contribution < 1.29 is 14.6 Å². The molecule has 122 valence electrons. The average Bonchev–Trinajstić information content (AvgIpc) is 2.48. The van der Waals surface area contributed by atoms with Crippen molar-refractivity contribution in [3.8, 4) is 11.5 Å². The lowest BCUT2D eigenvalue weighted by Gasteiger charge is -2.20. The van der Waals surface area contributed by atoms with Gasteiger partial charge in [-0.25, -0.2) is 0 Å². The van der Waals surface area contributed by atoms with Crippen molar-refractivity contribution in [1.29, 1.82) is 0 Å². The number of aromatic hydroxyl groups is 1. The summed E-state index contributed by atoms with van der Waals surface area (Å²) in [5.41, 5.74) is 1.82. The van der Waals surface area contributed by atoms with E-state index in [4.69, 9.17) is 4.74 Å². The van der Waals surface area contributed by atoms with Crippen LogP contribution >= 0.6 is 0 Å². The highest BCUT2D eigenvalue weighted by Crippen LogP contribution is 2.28. The molecule has 0 saturated heterocycles. The first kappa shape index (κ1) is 16.9. The maximum atomic E-state index is 12.4. The van der Waals surface area contributed by atoms with E-state index in [-0.39, 0.29) is 22.6 Å². The Kier molecular flexibility index (Phi) is 4.94. The van der Waals surface area contributed by atoms with Gasteiger partial charge in [0.25, 0.3) is 5.91 Å². The third-order valence-electron chi connectivity index (χ3n) is 3.53. The first-order valence-corrected chi connectivity index (χ1v) is 7.69. The fraction of sp³-hybridized carbons (Fsp3) is 0.316. The molecular weight excluding hydrogens is 290 g/mol. The first-order valence-electron chi connectivity index (χ1n) is 7.69. The Morgan fingerprint density at radius 3 is 2.35 bits per heavy atom. The van der Waals surface area contributed by atoms with Crippen LogP contribution in [0.4, 0.5) is 5.69 Å². The number of carbonyl (C=O) groups is 1. The fourth-order valence-electron chi connectivity index (χ4n) is 2.18. The molecule has 0 radical (unpaired) electrons. The maximum Gasteiger partial charge on any atom is 0.259 e. The predicted molar refractivity (Wildman–Crippen MR) is 92.4 cm³/mol. The van der Waals surface area contributed by atoms with E-state index in [0.717, 1.165) is 11.3 Å². The molecule has 0 spiro atoms. The summed E-state index contributed by atoms with van der Waals surface area (Å²) in [6.45, 7) is 8.70. The van der Waals surface area contributed by atoms with Crippen LogP contribution in [0.15, 0.2) is 42.5 Å². The second kappa shape index (κ2) is 6.73. The maximum absolute atomic E-state index is 12.4. The van der Waals surface area contributed by atoms with Crippen LogP contribution in [0.2, 0.25) is 0 Å². The molecule has 2 rings (SSSR count). The van der Waals surface area contributed by atoms with E-state index < -0.39 is 0 Å². The zero-order chi connectivity index (χ0) is 17.0. The Hall–Kier alpha value is -2.49. The number of amides is 1. The second-order valence-electron chi connectivity index (χ2n) is 6.39. The largest absolute Gasteiger partial charge is 0.507 e. The summed E-state index contributed by atoms with van der Waals surface area (Å²) in [5, 5.41) is 12.8. The third-order valence-corrected chi connectivity index (χ3v) is 3.53. The lowest BCUT2D eigenvalue weighted by Crippen LogP contribution is -2.16. The van der Waals surface area contributed by atoms with E-state index in [2.05, 4.69) is 26.1 Å². The van der Waals surface area contributed by atoms with E-state index in [0.29, 0.717) is 12.3 Å². The van der Waals surface area contributed by atoms with Crippen LogP contribution in [0.3, 0.4) is 0 Å². The minimum atomic E-state index is -0.335. The molecule has 2 aromatic carbocycles. The molecule has 0 aromatic heterocycles. The summed E-state index contributed by atoms with van der Waals surface area (Å²) in [6.07, 6.45) is 0. The van der Waals surface area contributed by atoms with E-state index in [9.17, 15) is 9.90 Å². The summed E-state index contributed by atoms with van der Waals surface area (Å²) in [6, 6.07) is 12.3. The third kappa shape index (κ3) is 4.25. The molecule has 2 N–H and O–H groups in total. The van der Waals surface area contributed by atoms with Gasteiger partial charge in [0.05, 0.1) is 12.2 Å². The molecule has 0 heterocycles. The van der Waals surface area contributed by atoms with Crippen LogP contribution in [0.25, 0.3) is 0 Å². The molecule has 0 aliphatic carbocycles. The Balaban J connectivity index is 2.20. The highest BCUT2D eigenvalue weighted by Gasteiger charge is 2.18. The molecular formula is C19H23NO3. The average molecular weight is 313 g/mol. The minimum Gasteiger partial charge on any atom is -0.507 e. The summed E-state index contributed by atoms with van der Waals surface area (Å²) in [4.78, 5) is 12.4. The van der Waals surface area contributed by atoms with E-state index in [1.165, 1.54) is 0 Å². The van der Waals surface area contributed by atoms with Crippen molar-refractivity contribution in [2.45, 2.75) is 33.1 Å². The van der Waals surface area contributed by atoms with Crippen LogP contribution < -0.4 is 10.1 Å². The SMILES string of the molecule is CCOc1ccc(NC(=O)c2cc(C(C)(C)C)ccc2O)cc1. The highest BCUT2D eigenvalue weighted by atomic mass is 16.5. The Morgan fingerprint density at radius 2 is 1.78 bits per heavy atom. The lowest BCUT2D eigenvalue weighted by molar-refractivity contribution is 0.102. The normalized spacial score (nSPS) is 11.1. The van der Waals surface area contributed by atoms with Crippen LogP contribution in [0.5, 0.6) is 11.5 Å². The molecule has 4 nitrogen and oxygen atoms in total. The number of carbonyl (C=O) groups excluding carboxylic acids is 1. The number of rotatable bonds is 4. The number of anilines is 1. The second-order valence-corrected chi connectivity index (χ2v) is 6.39. The monoisotopic (exact) mass is 313 g/mol. The van der Waals surface area contributed by atoms with Crippen LogP contribution in [0, 0.1) is 0 Å². The molecule has 4 heteroatoms. The summed E-state index contributed by atoms with van der Waals surface area (Å²) >= 11 is 0. The molecule has 0 fully saturated rings. The van der Waals surface area contributed by atoms with Gasteiger partial charge in [-0.15, -0.1) is 0 Å². The van der Waals surface area contributed by atoms with Gasteiger partial charge in [0, 0.05) is 5.69 Å².